The van der Waals surface area contributed by atoms with Crippen LogP contribution in [0.3, 0.4) is 0 Å². The zero-order chi connectivity index (χ0) is 22.5. The van der Waals surface area contributed by atoms with Crippen molar-refractivity contribution in [3.05, 3.63) is 77.5 Å². The van der Waals surface area contributed by atoms with Crippen LogP contribution >= 0.6 is 0 Å². The van der Waals surface area contributed by atoms with E-state index in [1.54, 1.807) is 6.07 Å². The van der Waals surface area contributed by atoms with E-state index in [9.17, 15) is 18.0 Å². The summed E-state index contributed by atoms with van der Waals surface area (Å²) in [4.78, 5) is 20.2. The monoisotopic (exact) mass is 437 g/mol. The number of imidazole rings is 1. The molecule has 0 atom stereocenters. The normalized spacial score (nSPS) is 15.3. The van der Waals surface area contributed by atoms with Gasteiger partial charge in [0.25, 0.3) is 5.91 Å². The highest BCUT2D eigenvalue weighted by atomic mass is 19.3. The molecule has 0 saturated heterocycles. The lowest BCUT2D eigenvalue weighted by Gasteiger charge is -2.33. The number of amides is 1. The van der Waals surface area contributed by atoms with Gasteiger partial charge in [0.05, 0.1) is 36.0 Å². The molecule has 4 aromatic rings. The van der Waals surface area contributed by atoms with Gasteiger partial charge in [-0.25, -0.2) is 27.7 Å². The highest BCUT2D eigenvalue weighted by Crippen LogP contribution is 2.47. The van der Waals surface area contributed by atoms with Crippen molar-refractivity contribution in [3.8, 4) is 5.69 Å². The summed E-state index contributed by atoms with van der Waals surface area (Å²) in [6, 6.07) is 7.06. The Balaban J connectivity index is 1.38. The number of hydrogen-bond acceptors (Lipinski definition) is 4. The van der Waals surface area contributed by atoms with Gasteiger partial charge in [-0.05, 0) is 30.3 Å². The van der Waals surface area contributed by atoms with E-state index >= 15 is 0 Å². The van der Waals surface area contributed by atoms with Crippen molar-refractivity contribution in [2.75, 3.05) is 5.32 Å². The number of fused-ring (bicyclic) bond motifs is 1. The van der Waals surface area contributed by atoms with Gasteiger partial charge in [0.2, 0.25) is 5.92 Å². The number of alkyl halides is 2. The summed E-state index contributed by atoms with van der Waals surface area (Å²) in [5.41, 5.74) is 1.71. The molecule has 5 rings (SSSR count). The molecular formula is C21H14F3N7O. The molecule has 160 valence electrons. The maximum absolute atomic E-state index is 14.4. The van der Waals surface area contributed by atoms with Crippen molar-refractivity contribution in [2.24, 2.45) is 0 Å². The van der Waals surface area contributed by atoms with Crippen molar-refractivity contribution in [1.29, 1.82) is 0 Å². The van der Waals surface area contributed by atoms with Gasteiger partial charge in [-0.1, -0.05) is 5.21 Å². The number of anilines is 1. The van der Waals surface area contributed by atoms with Crippen molar-refractivity contribution in [2.45, 2.75) is 24.7 Å². The number of benzene rings is 1. The third-order valence-corrected chi connectivity index (χ3v) is 5.34. The maximum atomic E-state index is 14.4. The molecule has 1 aliphatic rings. The minimum atomic E-state index is -2.67. The molecule has 3 heterocycles. The number of nitrogens with one attached hydrogen (secondary N) is 1. The minimum absolute atomic E-state index is 0.0903. The first kappa shape index (κ1) is 19.7. The van der Waals surface area contributed by atoms with Crippen LogP contribution in [0.4, 0.5) is 24.5 Å². The van der Waals surface area contributed by atoms with Crippen molar-refractivity contribution in [1.82, 2.24) is 24.4 Å². The molecule has 1 amide bonds. The van der Waals surface area contributed by atoms with Gasteiger partial charge in [-0.3, -0.25) is 9.20 Å². The summed E-state index contributed by atoms with van der Waals surface area (Å²) in [7, 11) is 0. The summed E-state index contributed by atoms with van der Waals surface area (Å²) in [5, 5.41) is 10.4. The quantitative estimate of drug-likeness (QED) is 0.481. The van der Waals surface area contributed by atoms with E-state index in [0.717, 1.165) is 0 Å². The Hall–Kier alpha value is -4.20. The summed E-state index contributed by atoms with van der Waals surface area (Å²) >= 11 is 0. The predicted octanol–water partition coefficient (Wildman–Crippen LogP) is 4.37. The number of nitrogens with zero attached hydrogens (tertiary/aromatic N) is 6. The van der Waals surface area contributed by atoms with Gasteiger partial charge >= 0.3 is 0 Å². The van der Waals surface area contributed by atoms with E-state index in [1.165, 1.54) is 51.9 Å². The average Bonchev–Trinajstić information content (AvgIpc) is 3.40. The van der Waals surface area contributed by atoms with E-state index in [-0.39, 0.29) is 30.1 Å². The molecule has 0 unspecified atom stereocenters. The largest absolute Gasteiger partial charge is 0.318 e. The number of aromatic nitrogens is 5. The van der Waals surface area contributed by atoms with Gasteiger partial charge in [-0.2, -0.15) is 0 Å². The molecule has 0 spiro atoms. The summed E-state index contributed by atoms with van der Waals surface area (Å²) < 4.78 is 43.5. The minimum Gasteiger partial charge on any atom is -0.318 e. The number of carbonyl (C=O) groups excluding carboxylic acids is 1. The first-order valence-corrected chi connectivity index (χ1v) is 9.59. The molecule has 0 radical (unpaired) electrons. The second kappa shape index (κ2) is 7.19. The van der Waals surface area contributed by atoms with Crippen LogP contribution in [0.2, 0.25) is 0 Å². The van der Waals surface area contributed by atoms with Crippen LogP contribution in [0.15, 0.2) is 48.9 Å². The van der Waals surface area contributed by atoms with Crippen LogP contribution in [0.25, 0.3) is 16.2 Å². The van der Waals surface area contributed by atoms with Crippen LogP contribution in [0, 0.1) is 12.4 Å². The molecule has 1 saturated carbocycles. The fraction of sp³-hybridized carbons (Fsp3) is 0.190. The van der Waals surface area contributed by atoms with Crippen LogP contribution < -0.4 is 5.32 Å². The van der Waals surface area contributed by atoms with Crippen LogP contribution in [-0.2, 0) is 0 Å². The zero-order valence-corrected chi connectivity index (χ0v) is 16.3. The zero-order valence-electron chi connectivity index (χ0n) is 16.3. The summed E-state index contributed by atoms with van der Waals surface area (Å²) in [5.74, 6) is -4.29. The number of hydrogen-bond donors (Lipinski definition) is 1. The Morgan fingerprint density at radius 2 is 2.06 bits per heavy atom. The van der Waals surface area contributed by atoms with Crippen molar-refractivity contribution < 1.29 is 18.0 Å². The summed E-state index contributed by atoms with van der Waals surface area (Å²) in [6.45, 7) is 7.05. The average molecular weight is 437 g/mol. The third-order valence-electron chi connectivity index (χ3n) is 5.34. The van der Waals surface area contributed by atoms with Crippen LogP contribution in [0.1, 0.15) is 34.9 Å². The molecule has 3 aromatic heterocycles. The lowest BCUT2D eigenvalue weighted by atomic mass is 9.79. The fourth-order valence-electron chi connectivity index (χ4n) is 3.61. The smallest absolute Gasteiger partial charge is 0.274 e. The Labute approximate surface area is 179 Å². The van der Waals surface area contributed by atoms with E-state index in [0.29, 0.717) is 22.7 Å². The van der Waals surface area contributed by atoms with Gasteiger partial charge in [0, 0.05) is 25.0 Å². The molecular weight excluding hydrogens is 423 g/mol. The predicted molar refractivity (Wildman–Crippen MR) is 108 cm³/mol. The molecule has 1 fully saturated rings. The van der Waals surface area contributed by atoms with E-state index in [1.807, 2.05) is 0 Å². The van der Waals surface area contributed by atoms with Crippen LogP contribution in [0.5, 0.6) is 0 Å². The molecule has 1 aromatic carbocycles. The number of halogens is 3. The lowest BCUT2D eigenvalue weighted by Crippen LogP contribution is -2.33. The first-order valence-electron chi connectivity index (χ1n) is 9.59. The topological polar surface area (TPSA) is 81.5 Å². The van der Waals surface area contributed by atoms with Gasteiger partial charge in [0.1, 0.15) is 17.2 Å². The fourth-order valence-corrected chi connectivity index (χ4v) is 3.61. The number of rotatable bonds is 4. The molecule has 0 bridgehead atoms. The second-order valence-electron chi connectivity index (χ2n) is 7.54. The standard InChI is InChI=1S/C21H14F3N7O/c1-25-13-4-5-30-18(10-26-19(30)6-13)20(32)27-16-7-14(2-3-15(16)22)31-11-17(28-29-31)12-8-21(23,24)9-12/h2-7,10-12H,8-9H2,(H,27,32). The van der Waals surface area contributed by atoms with Gasteiger partial charge < -0.3 is 5.32 Å². The van der Waals surface area contributed by atoms with E-state index < -0.39 is 17.6 Å². The molecule has 8 nitrogen and oxygen atoms in total. The first-order chi connectivity index (χ1) is 15.3. The summed E-state index contributed by atoms with van der Waals surface area (Å²) in [6.07, 6.45) is 3.86. The van der Waals surface area contributed by atoms with Crippen molar-refractivity contribution in [3.63, 3.8) is 0 Å². The van der Waals surface area contributed by atoms with E-state index in [4.69, 9.17) is 6.57 Å². The molecule has 0 aliphatic heterocycles. The van der Waals surface area contributed by atoms with Gasteiger partial charge in [-0.15, -0.1) is 5.10 Å². The SMILES string of the molecule is [C-]#[N+]c1ccn2c(C(=O)Nc3cc(-n4cc(C5CC(F)(F)C5)nn4)ccc3F)cnc2c1. The van der Waals surface area contributed by atoms with E-state index in [2.05, 4.69) is 25.5 Å². The number of pyridine rings is 1. The molecule has 32 heavy (non-hydrogen) atoms. The molecule has 11 heteroatoms. The Bertz CT molecular complexity index is 1390. The maximum Gasteiger partial charge on any atom is 0.274 e. The Morgan fingerprint density at radius 3 is 2.81 bits per heavy atom. The molecule has 1 N–H and O–H groups in total. The van der Waals surface area contributed by atoms with Crippen LogP contribution in [-0.4, -0.2) is 36.2 Å². The third kappa shape index (κ3) is 3.45. The Kier molecular flexibility index (Phi) is 4.44. The van der Waals surface area contributed by atoms with Crippen molar-refractivity contribution >= 4 is 22.9 Å². The van der Waals surface area contributed by atoms with Gasteiger partial charge in [0.15, 0.2) is 5.69 Å². The second-order valence-corrected chi connectivity index (χ2v) is 7.54. The highest BCUT2D eigenvalue weighted by Gasteiger charge is 2.47. The Morgan fingerprint density at radius 1 is 1.25 bits per heavy atom. The number of carbonyl (C=O) groups is 1. The highest BCUT2D eigenvalue weighted by molar-refractivity contribution is 6.03. The molecule has 1 aliphatic carbocycles. The lowest BCUT2D eigenvalue weighted by molar-refractivity contribution is -0.0876.